The van der Waals surface area contributed by atoms with Crippen LogP contribution in [0, 0.1) is 0 Å². The van der Waals surface area contributed by atoms with Crippen LogP contribution in [0.2, 0.25) is 0 Å². The third-order valence-electron chi connectivity index (χ3n) is 5.36. The second-order valence-corrected chi connectivity index (χ2v) is 7.60. The second kappa shape index (κ2) is 10.3. The zero-order valence-corrected chi connectivity index (χ0v) is 17.4. The number of hydrogen-bond donors (Lipinski definition) is 2. The van der Waals surface area contributed by atoms with E-state index in [9.17, 15) is 23.1 Å². The number of benzene rings is 2. The normalized spacial score (nSPS) is 18.5. The predicted molar refractivity (Wildman–Crippen MR) is 111 cm³/mol. The predicted octanol–water partition coefficient (Wildman–Crippen LogP) is 3.68. The fourth-order valence-electron chi connectivity index (χ4n) is 3.64. The number of halogens is 3. The highest BCUT2D eigenvalue weighted by atomic mass is 19.4. The van der Waals surface area contributed by atoms with E-state index in [1.54, 1.807) is 31.2 Å². The van der Waals surface area contributed by atoms with Crippen molar-refractivity contribution >= 4 is 5.78 Å². The number of hydrogen-bond acceptors (Lipinski definition) is 5. The number of ketones is 1. The van der Waals surface area contributed by atoms with Crippen molar-refractivity contribution < 1.29 is 27.8 Å². The summed E-state index contributed by atoms with van der Waals surface area (Å²) in [4.78, 5) is 13.7. The molecule has 1 aliphatic heterocycles. The van der Waals surface area contributed by atoms with Crippen LogP contribution in [0.15, 0.2) is 48.5 Å². The zero-order chi connectivity index (χ0) is 22.4. The molecule has 1 heterocycles. The maximum Gasteiger partial charge on any atom is 0.416 e. The molecule has 0 amide bonds. The van der Waals surface area contributed by atoms with Gasteiger partial charge < -0.3 is 15.2 Å². The summed E-state index contributed by atoms with van der Waals surface area (Å²) in [5, 5.41) is 13.7. The van der Waals surface area contributed by atoms with Crippen molar-refractivity contribution in [3.05, 3.63) is 65.2 Å². The monoisotopic (exact) mass is 436 g/mol. The van der Waals surface area contributed by atoms with E-state index in [2.05, 4.69) is 10.2 Å². The van der Waals surface area contributed by atoms with Gasteiger partial charge in [0.1, 0.15) is 18.5 Å². The number of ether oxygens (including phenoxy) is 1. The van der Waals surface area contributed by atoms with E-state index >= 15 is 0 Å². The van der Waals surface area contributed by atoms with E-state index in [1.165, 1.54) is 12.1 Å². The van der Waals surface area contributed by atoms with Crippen molar-refractivity contribution in [1.29, 1.82) is 0 Å². The van der Waals surface area contributed by atoms with Crippen molar-refractivity contribution in [2.45, 2.75) is 31.7 Å². The van der Waals surface area contributed by atoms with E-state index in [0.717, 1.165) is 24.2 Å². The van der Waals surface area contributed by atoms with E-state index in [1.807, 2.05) is 0 Å². The van der Waals surface area contributed by atoms with Crippen molar-refractivity contribution in [3.8, 4) is 5.75 Å². The Morgan fingerprint density at radius 3 is 2.48 bits per heavy atom. The smallest absolute Gasteiger partial charge is 0.416 e. The van der Waals surface area contributed by atoms with Gasteiger partial charge in [-0.1, -0.05) is 19.1 Å². The lowest BCUT2D eigenvalue weighted by Crippen LogP contribution is -2.49. The van der Waals surface area contributed by atoms with Crippen molar-refractivity contribution in [2.24, 2.45) is 0 Å². The number of carbonyl (C=O) groups is 1. The number of Topliss-reactive ketones (excluding diaryl/α,β-unsaturated/α-hetero) is 1. The lowest BCUT2D eigenvalue weighted by molar-refractivity contribution is -0.137. The molecule has 2 atom stereocenters. The first-order valence-electron chi connectivity index (χ1n) is 10.3. The summed E-state index contributed by atoms with van der Waals surface area (Å²) >= 11 is 0. The average molecular weight is 436 g/mol. The molecule has 1 fully saturated rings. The summed E-state index contributed by atoms with van der Waals surface area (Å²) in [5.74, 6) is 0.617. The quantitative estimate of drug-likeness (QED) is 0.619. The van der Waals surface area contributed by atoms with Gasteiger partial charge in [0, 0.05) is 44.2 Å². The number of nitrogens with zero attached hydrogens (tertiary/aromatic N) is 1. The molecule has 0 aromatic heterocycles. The molecule has 0 spiro atoms. The SMILES string of the molecule is CCC(=O)c1ccc(OCC(O)CN2CCNCC2c2ccc(C(F)(F)F)cc2)cc1. The fraction of sp³-hybridized carbons (Fsp3) is 0.435. The number of piperazine rings is 1. The number of aliphatic hydroxyl groups is 1. The Morgan fingerprint density at radius 2 is 1.87 bits per heavy atom. The highest BCUT2D eigenvalue weighted by Crippen LogP contribution is 2.31. The van der Waals surface area contributed by atoms with Gasteiger partial charge in [0.25, 0.3) is 0 Å². The molecule has 2 aromatic rings. The lowest BCUT2D eigenvalue weighted by atomic mass is 10.0. The van der Waals surface area contributed by atoms with Gasteiger partial charge in [-0.15, -0.1) is 0 Å². The van der Waals surface area contributed by atoms with E-state index in [4.69, 9.17) is 4.74 Å². The molecular weight excluding hydrogens is 409 g/mol. The summed E-state index contributed by atoms with van der Waals surface area (Å²) in [6.45, 7) is 4.20. The van der Waals surface area contributed by atoms with Crippen LogP contribution >= 0.6 is 0 Å². The average Bonchev–Trinajstić information content (AvgIpc) is 2.77. The Morgan fingerprint density at radius 1 is 1.19 bits per heavy atom. The number of rotatable bonds is 8. The van der Waals surface area contributed by atoms with Gasteiger partial charge in [-0.2, -0.15) is 13.2 Å². The second-order valence-electron chi connectivity index (χ2n) is 7.60. The van der Waals surface area contributed by atoms with Gasteiger partial charge in [0.15, 0.2) is 5.78 Å². The van der Waals surface area contributed by atoms with Crippen LogP contribution in [0.1, 0.15) is 40.9 Å². The van der Waals surface area contributed by atoms with Crippen LogP contribution < -0.4 is 10.1 Å². The van der Waals surface area contributed by atoms with Crippen molar-refractivity contribution in [1.82, 2.24) is 10.2 Å². The number of carbonyl (C=O) groups excluding carboxylic acids is 1. The Hall–Kier alpha value is -2.42. The molecule has 2 aromatic carbocycles. The minimum atomic E-state index is -4.36. The molecule has 1 saturated heterocycles. The fourth-order valence-corrected chi connectivity index (χ4v) is 3.64. The van der Waals surface area contributed by atoms with Crippen LogP contribution in [-0.4, -0.2) is 54.7 Å². The topological polar surface area (TPSA) is 61.8 Å². The van der Waals surface area contributed by atoms with Gasteiger partial charge in [-0.05, 0) is 42.0 Å². The number of nitrogens with one attached hydrogen (secondary N) is 1. The van der Waals surface area contributed by atoms with Crippen LogP contribution in [0.25, 0.3) is 0 Å². The molecule has 2 unspecified atom stereocenters. The Kier molecular flexibility index (Phi) is 7.69. The number of aliphatic hydroxyl groups excluding tert-OH is 1. The molecule has 2 N–H and O–H groups in total. The molecular formula is C23H27F3N2O3. The zero-order valence-electron chi connectivity index (χ0n) is 17.4. The highest BCUT2D eigenvalue weighted by Gasteiger charge is 2.31. The Balaban J connectivity index is 1.57. The molecule has 0 radical (unpaired) electrons. The molecule has 31 heavy (non-hydrogen) atoms. The third kappa shape index (κ3) is 6.29. The van der Waals surface area contributed by atoms with Gasteiger partial charge >= 0.3 is 6.18 Å². The van der Waals surface area contributed by atoms with Crippen molar-refractivity contribution in [3.63, 3.8) is 0 Å². The molecule has 0 aliphatic carbocycles. The molecule has 0 bridgehead atoms. The minimum Gasteiger partial charge on any atom is -0.491 e. The Labute approximate surface area is 179 Å². The minimum absolute atomic E-state index is 0.0552. The summed E-state index contributed by atoms with van der Waals surface area (Å²) in [5.41, 5.74) is 0.715. The summed E-state index contributed by atoms with van der Waals surface area (Å²) in [6.07, 6.45) is -4.70. The standard InChI is InChI=1S/C23H27F3N2O3/c1-2-22(30)17-5-9-20(10-6-17)31-15-19(29)14-28-12-11-27-13-21(28)16-3-7-18(8-4-16)23(24,25)26/h3-10,19,21,27,29H,2,11-15H2,1H3. The molecule has 1 aliphatic rings. The first-order valence-corrected chi connectivity index (χ1v) is 10.3. The summed E-state index contributed by atoms with van der Waals surface area (Å²) in [6, 6.07) is 11.8. The van der Waals surface area contributed by atoms with Crippen LogP contribution in [0.4, 0.5) is 13.2 Å². The van der Waals surface area contributed by atoms with Gasteiger partial charge in [-0.25, -0.2) is 0 Å². The highest BCUT2D eigenvalue weighted by molar-refractivity contribution is 5.95. The summed E-state index contributed by atoms with van der Waals surface area (Å²) in [7, 11) is 0. The van der Waals surface area contributed by atoms with E-state index in [0.29, 0.717) is 37.4 Å². The van der Waals surface area contributed by atoms with Crippen molar-refractivity contribution in [2.75, 3.05) is 32.8 Å². The lowest BCUT2D eigenvalue weighted by Gasteiger charge is -2.37. The molecule has 3 rings (SSSR count). The summed E-state index contributed by atoms with van der Waals surface area (Å²) < 4.78 is 44.1. The molecule has 168 valence electrons. The molecule has 8 heteroatoms. The van der Waals surface area contributed by atoms with Crippen LogP contribution in [0.5, 0.6) is 5.75 Å². The van der Waals surface area contributed by atoms with Crippen LogP contribution in [0.3, 0.4) is 0 Å². The largest absolute Gasteiger partial charge is 0.491 e. The number of β-amino-alcohol motifs (C(OH)–C–C–N with tert-alkyl or cyclic N) is 1. The van der Waals surface area contributed by atoms with E-state index in [-0.39, 0.29) is 18.4 Å². The molecule has 5 nitrogen and oxygen atoms in total. The van der Waals surface area contributed by atoms with Gasteiger partial charge in [0.2, 0.25) is 0 Å². The maximum absolute atomic E-state index is 12.8. The maximum atomic E-state index is 12.8. The van der Waals surface area contributed by atoms with E-state index < -0.39 is 17.8 Å². The number of alkyl halides is 3. The third-order valence-corrected chi connectivity index (χ3v) is 5.36. The molecule has 0 saturated carbocycles. The Bertz CT molecular complexity index is 854. The first-order chi connectivity index (χ1) is 14.8. The first kappa shape index (κ1) is 23.2. The van der Waals surface area contributed by atoms with Gasteiger partial charge in [0.05, 0.1) is 5.56 Å². The van der Waals surface area contributed by atoms with Crippen LogP contribution in [-0.2, 0) is 6.18 Å². The van der Waals surface area contributed by atoms with Gasteiger partial charge in [-0.3, -0.25) is 9.69 Å².